The first kappa shape index (κ1) is 22.7. The van der Waals surface area contributed by atoms with Gasteiger partial charge in [-0.1, -0.05) is 36.4 Å². The molecule has 1 amide bonds. The van der Waals surface area contributed by atoms with Gasteiger partial charge in [0.15, 0.2) is 15.5 Å². The van der Waals surface area contributed by atoms with Gasteiger partial charge in [-0.05, 0) is 49.3 Å². The van der Waals surface area contributed by atoms with E-state index >= 15 is 0 Å². The number of nitrogens with one attached hydrogen (secondary N) is 1. The second-order valence-corrected chi connectivity index (χ2v) is 11.8. The van der Waals surface area contributed by atoms with Crippen molar-refractivity contribution in [2.24, 2.45) is 0 Å². The number of hydrogen-bond donors (Lipinski definition) is 1. The molecule has 1 aliphatic rings. The van der Waals surface area contributed by atoms with Gasteiger partial charge in [-0.15, -0.1) is 11.3 Å². The van der Waals surface area contributed by atoms with E-state index in [-0.39, 0.29) is 23.5 Å². The van der Waals surface area contributed by atoms with E-state index in [0.29, 0.717) is 41.0 Å². The van der Waals surface area contributed by atoms with Crippen LogP contribution in [0.25, 0.3) is 21.6 Å². The Bertz CT molecular complexity index is 1430. The average molecular weight is 495 g/mol. The number of aryl methyl sites for hydroxylation is 2. The third-order valence-electron chi connectivity index (χ3n) is 6.18. The van der Waals surface area contributed by atoms with E-state index in [1.807, 2.05) is 48.7 Å². The monoisotopic (exact) mass is 494 g/mol. The van der Waals surface area contributed by atoms with Crippen molar-refractivity contribution < 1.29 is 13.2 Å². The van der Waals surface area contributed by atoms with Gasteiger partial charge in [0.05, 0.1) is 44.8 Å². The Morgan fingerprint density at radius 3 is 2.74 bits per heavy atom. The first-order valence-corrected chi connectivity index (χ1v) is 14.1. The fourth-order valence-electron chi connectivity index (χ4n) is 4.50. The van der Waals surface area contributed by atoms with Crippen LogP contribution in [0.4, 0.5) is 0 Å². The maximum absolute atomic E-state index is 13.3. The summed E-state index contributed by atoms with van der Waals surface area (Å²) < 4.78 is 25.9. The minimum atomic E-state index is -3.09. The molecule has 7 nitrogen and oxygen atoms in total. The molecule has 176 valence electrons. The zero-order valence-electron chi connectivity index (χ0n) is 18.9. The second-order valence-electron chi connectivity index (χ2n) is 8.66. The first-order chi connectivity index (χ1) is 16.4. The molecule has 1 fully saturated rings. The van der Waals surface area contributed by atoms with Gasteiger partial charge in [0.1, 0.15) is 0 Å². The largest absolute Gasteiger partial charge is 0.352 e. The summed E-state index contributed by atoms with van der Waals surface area (Å²) in [4.78, 5) is 19.1. The summed E-state index contributed by atoms with van der Waals surface area (Å²) in [6, 6.07) is 15.7. The molecule has 1 aromatic carbocycles. The van der Waals surface area contributed by atoms with Crippen molar-refractivity contribution in [3.8, 4) is 10.6 Å². The van der Waals surface area contributed by atoms with Gasteiger partial charge >= 0.3 is 0 Å². The Hall–Kier alpha value is -3.04. The predicted octanol–water partition coefficient (Wildman–Crippen LogP) is 4.19. The number of pyridine rings is 1. The zero-order chi connectivity index (χ0) is 23.7. The Labute approximate surface area is 202 Å². The molecular formula is C25H26N4O3S2. The van der Waals surface area contributed by atoms with E-state index in [4.69, 9.17) is 4.98 Å². The number of sulfone groups is 1. The van der Waals surface area contributed by atoms with E-state index < -0.39 is 9.84 Å². The highest BCUT2D eigenvalue weighted by Crippen LogP contribution is 2.33. The molecule has 1 aliphatic heterocycles. The number of benzene rings is 1. The molecule has 0 aliphatic carbocycles. The molecule has 0 spiro atoms. The van der Waals surface area contributed by atoms with Crippen LogP contribution < -0.4 is 5.32 Å². The lowest BCUT2D eigenvalue weighted by atomic mass is 10.1. The van der Waals surface area contributed by atoms with Crippen LogP contribution >= 0.6 is 11.3 Å². The van der Waals surface area contributed by atoms with Gasteiger partial charge in [0, 0.05) is 6.54 Å². The minimum Gasteiger partial charge on any atom is -0.352 e. The third-order valence-corrected chi connectivity index (χ3v) is 8.82. The topological polar surface area (TPSA) is 93.9 Å². The SMILES string of the molecule is Cc1nn([C@H]2CCS(=O)(=O)C2)c2nc(-c3cccs3)cc(C(=O)NCCCc3ccccc3)c12. The molecule has 1 N–H and O–H groups in total. The lowest BCUT2D eigenvalue weighted by Crippen LogP contribution is -2.25. The van der Waals surface area contributed by atoms with Crippen molar-refractivity contribution in [2.45, 2.75) is 32.2 Å². The van der Waals surface area contributed by atoms with Crippen LogP contribution in [0.2, 0.25) is 0 Å². The van der Waals surface area contributed by atoms with Crippen LogP contribution in [0.15, 0.2) is 53.9 Å². The first-order valence-electron chi connectivity index (χ1n) is 11.4. The fraction of sp³-hybridized carbons (Fsp3) is 0.320. The van der Waals surface area contributed by atoms with Crippen LogP contribution in [0.1, 0.15) is 40.5 Å². The van der Waals surface area contributed by atoms with Crippen LogP contribution in [0.3, 0.4) is 0 Å². The van der Waals surface area contributed by atoms with Crippen molar-refractivity contribution in [2.75, 3.05) is 18.1 Å². The standard InChI is InChI=1S/C25H26N4O3S2/c1-17-23-20(25(30)26-12-5-9-18-7-3-2-4-8-18)15-21(22-10-6-13-33-22)27-24(23)29(28-17)19-11-14-34(31,32)16-19/h2-4,6-8,10,13,15,19H,5,9,11-12,14,16H2,1H3,(H,26,30)/t19-/m0/s1. The molecule has 4 aromatic rings. The smallest absolute Gasteiger partial charge is 0.252 e. The minimum absolute atomic E-state index is 0.0507. The van der Waals surface area contributed by atoms with Gasteiger partial charge < -0.3 is 5.32 Å². The summed E-state index contributed by atoms with van der Waals surface area (Å²) in [7, 11) is -3.09. The molecule has 5 rings (SSSR count). The van der Waals surface area contributed by atoms with Gasteiger partial charge in [-0.2, -0.15) is 5.10 Å². The lowest BCUT2D eigenvalue weighted by molar-refractivity contribution is 0.0954. The Morgan fingerprint density at radius 1 is 1.21 bits per heavy atom. The van der Waals surface area contributed by atoms with Crippen molar-refractivity contribution >= 4 is 38.1 Å². The number of hydrogen-bond acceptors (Lipinski definition) is 6. The summed E-state index contributed by atoms with van der Waals surface area (Å²) in [5.41, 5.74) is 3.71. The number of carbonyl (C=O) groups is 1. The van der Waals surface area contributed by atoms with Crippen molar-refractivity contribution in [1.82, 2.24) is 20.1 Å². The number of fused-ring (bicyclic) bond motifs is 1. The van der Waals surface area contributed by atoms with Gasteiger partial charge in [-0.25, -0.2) is 18.1 Å². The Balaban J connectivity index is 1.47. The molecule has 0 unspecified atom stereocenters. The summed E-state index contributed by atoms with van der Waals surface area (Å²) in [5, 5.41) is 10.4. The fourth-order valence-corrected chi connectivity index (χ4v) is 6.88. The molecule has 34 heavy (non-hydrogen) atoms. The van der Waals surface area contributed by atoms with E-state index in [0.717, 1.165) is 17.7 Å². The molecule has 0 bridgehead atoms. The molecule has 0 saturated carbocycles. The molecule has 3 aromatic heterocycles. The summed E-state index contributed by atoms with van der Waals surface area (Å²) in [6.45, 7) is 2.40. The van der Waals surface area contributed by atoms with Gasteiger partial charge in [0.25, 0.3) is 5.91 Å². The maximum atomic E-state index is 13.3. The highest BCUT2D eigenvalue weighted by Gasteiger charge is 2.32. The number of amides is 1. The van der Waals surface area contributed by atoms with Crippen molar-refractivity contribution in [3.63, 3.8) is 0 Å². The number of thiophene rings is 1. The van der Waals surface area contributed by atoms with Crippen LogP contribution in [-0.2, 0) is 16.3 Å². The van der Waals surface area contributed by atoms with E-state index in [1.165, 1.54) is 5.56 Å². The lowest BCUT2D eigenvalue weighted by Gasteiger charge is -2.12. The van der Waals surface area contributed by atoms with Gasteiger partial charge in [0.2, 0.25) is 0 Å². The van der Waals surface area contributed by atoms with Crippen molar-refractivity contribution in [3.05, 3.63) is 70.7 Å². The third kappa shape index (κ3) is 4.63. The molecule has 9 heteroatoms. The number of nitrogens with zero attached hydrogens (tertiary/aromatic N) is 3. The summed E-state index contributed by atoms with van der Waals surface area (Å²) >= 11 is 1.55. The average Bonchev–Trinajstić information content (AvgIpc) is 3.56. The van der Waals surface area contributed by atoms with Crippen molar-refractivity contribution in [1.29, 1.82) is 0 Å². The van der Waals surface area contributed by atoms with Crippen LogP contribution in [0, 0.1) is 6.92 Å². The highest BCUT2D eigenvalue weighted by atomic mass is 32.2. The Kier molecular flexibility index (Phi) is 6.22. The van der Waals surface area contributed by atoms with Gasteiger partial charge in [-0.3, -0.25) is 4.79 Å². The number of aromatic nitrogens is 3. The summed E-state index contributed by atoms with van der Waals surface area (Å²) in [5.74, 6) is 0.0343. The molecule has 0 radical (unpaired) electrons. The molecular weight excluding hydrogens is 468 g/mol. The second kappa shape index (κ2) is 9.31. The quantitative estimate of drug-likeness (QED) is 0.389. The van der Waals surface area contributed by atoms with Crippen LogP contribution in [0.5, 0.6) is 0 Å². The Morgan fingerprint density at radius 2 is 2.03 bits per heavy atom. The van der Waals surface area contributed by atoms with Crippen LogP contribution in [-0.4, -0.2) is 47.1 Å². The normalized spacial score (nSPS) is 17.3. The zero-order valence-corrected chi connectivity index (χ0v) is 20.5. The molecule has 4 heterocycles. The predicted molar refractivity (Wildman–Crippen MR) is 135 cm³/mol. The number of carbonyl (C=O) groups excluding carboxylic acids is 1. The summed E-state index contributed by atoms with van der Waals surface area (Å²) in [6.07, 6.45) is 2.23. The van der Waals surface area contributed by atoms with E-state index in [2.05, 4.69) is 22.5 Å². The molecule has 1 saturated heterocycles. The maximum Gasteiger partial charge on any atom is 0.252 e. The van der Waals surface area contributed by atoms with E-state index in [9.17, 15) is 13.2 Å². The highest BCUT2D eigenvalue weighted by molar-refractivity contribution is 7.91. The van der Waals surface area contributed by atoms with E-state index in [1.54, 1.807) is 16.0 Å². The number of rotatable bonds is 7. The molecule has 1 atom stereocenters.